The number of aryl methyl sites for hydroxylation is 2. The number of carbonyl (C=O) groups excluding carboxylic acids is 1. The number of esters is 1. The number of rotatable bonds is 1. The number of fused-ring (bicyclic) bond motifs is 1. The molecule has 2 aromatic rings. The third-order valence-electron chi connectivity index (χ3n) is 2.68. The summed E-state index contributed by atoms with van der Waals surface area (Å²) in [6.07, 6.45) is 0. The fourth-order valence-corrected chi connectivity index (χ4v) is 2.00. The van der Waals surface area contributed by atoms with Gasteiger partial charge in [-0.25, -0.2) is 9.78 Å². The van der Waals surface area contributed by atoms with Gasteiger partial charge in [-0.3, -0.25) is 0 Å². The second-order valence-corrected chi connectivity index (χ2v) is 4.06. The maximum atomic E-state index is 11.4. The van der Waals surface area contributed by atoms with E-state index in [1.54, 1.807) is 6.07 Å². The smallest absolute Gasteiger partial charge is 0.356 e. The third-order valence-corrected chi connectivity index (χ3v) is 2.68. The molecule has 0 atom stereocenters. The summed E-state index contributed by atoms with van der Waals surface area (Å²) >= 11 is 0. The molecule has 2 rings (SSSR count). The minimum atomic E-state index is -0.474. The van der Waals surface area contributed by atoms with Crippen molar-refractivity contribution in [1.29, 1.82) is 0 Å². The molecule has 0 radical (unpaired) electrons. The number of nitrogens with two attached hydrogens (primary N) is 1. The molecule has 17 heavy (non-hydrogen) atoms. The summed E-state index contributed by atoms with van der Waals surface area (Å²) < 4.78 is 4.64. The summed E-state index contributed by atoms with van der Waals surface area (Å²) in [6.45, 7) is 3.96. The predicted octanol–water partition coefficient (Wildman–Crippen LogP) is 2.22. The van der Waals surface area contributed by atoms with Crippen LogP contribution in [0.25, 0.3) is 10.9 Å². The monoisotopic (exact) mass is 230 g/mol. The number of nitrogen functional groups attached to an aromatic ring is 1. The number of pyridine rings is 1. The molecule has 0 saturated heterocycles. The Morgan fingerprint density at radius 3 is 2.65 bits per heavy atom. The summed E-state index contributed by atoms with van der Waals surface area (Å²) in [4.78, 5) is 15.7. The second-order valence-electron chi connectivity index (χ2n) is 4.06. The molecule has 0 fully saturated rings. The van der Waals surface area contributed by atoms with Gasteiger partial charge < -0.3 is 10.5 Å². The van der Waals surface area contributed by atoms with Crippen LogP contribution in [-0.2, 0) is 4.74 Å². The predicted molar refractivity (Wildman–Crippen MR) is 67.0 cm³/mol. The van der Waals surface area contributed by atoms with Gasteiger partial charge in [0.1, 0.15) is 0 Å². The highest BCUT2D eigenvalue weighted by Crippen LogP contribution is 2.25. The quantitative estimate of drug-likeness (QED) is 0.763. The lowest BCUT2D eigenvalue weighted by molar-refractivity contribution is 0.0594. The first-order chi connectivity index (χ1) is 8.02. The minimum Gasteiger partial charge on any atom is -0.464 e. The average Bonchev–Trinajstić information content (AvgIpc) is 2.26. The Labute approximate surface area is 99.4 Å². The second kappa shape index (κ2) is 4.05. The molecule has 2 N–H and O–H groups in total. The summed E-state index contributed by atoms with van der Waals surface area (Å²) in [5.74, 6) is -0.474. The summed E-state index contributed by atoms with van der Waals surface area (Å²) in [5.41, 5.74) is 9.61. The van der Waals surface area contributed by atoms with Gasteiger partial charge in [-0.1, -0.05) is 6.07 Å². The van der Waals surface area contributed by atoms with Crippen molar-refractivity contribution in [3.05, 3.63) is 35.0 Å². The first-order valence-corrected chi connectivity index (χ1v) is 5.28. The molecule has 88 valence electrons. The van der Waals surface area contributed by atoms with Crippen molar-refractivity contribution in [2.75, 3.05) is 12.8 Å². The molecule has 1 aromatic heterocycles. The van der Waals surface area contributed by atoms with Crippen molar-refractivity contribution in [2.24, 2.45) is 0 Å². The lowest BCUT2D eigenvalue weighted by Gasteiger charge is -2.08. The summed E-state index contributed by atoms with van der Waals surface area (Å²) in [5, 5.41) is 0.892. The van der Waals surface area contributed by atoms with Gasteiger partial charge in [0.15, 0.2) is 5.69 Å². The van der Waals surface area contributed by atoms with Crippen LogP contribution in [0.1, 0.15) is 21.6 Å². The molecule has 0 saturated carbocycles. The van der Waals surface area contributed by atoms with E-state index in [4.69, 9.17) is 5.73 Å². The van der Waals surface area contributed by atoms with E-state index in [0.717, 1.165) is 22.0 Å². The van der Waals surface area contributed by atoms with Gasteiger partial charge in [0.25, 0.3) is 0 Å². The number of hydrogen-bond acceptors (Lipinski definition) is 4. The Morgan fingerprint density at radius 1 is 1.29 bits per heavy atom. The molecule has 1 aromatic carbocycles. The lowest BCUT2D eigenvalue weighted by atomic mass is 10.0. The Bertz CT molecular complexity index is 606. The van der Waals surface area contributed by atoms with Crippen molar-refractivity contribution in [3.8, 4) is 0 Å². The fraction of sp³-hybridized carbons (Fsp3) is 0.231. The first-order valence-electron chi connectivity index (χ1n) is 5.28. The molecular weight excluding hydrogens is 216 g/mol. The maximum Gasteiger partial charge on any atom is 0.356 e. The van der Waals surface area contributed by atoms with Gasteiger partial charge in [-0.2, -0.15) is 0 Å². The van der Waals surface area contributed by atoms with Crippen LogP contribution in [-0.4, -0.2) is 18.1 Å². The van der Waals surface area contributed by atoms with Gasteiger partial charge in [-0.15, -0.1) is 0 Å². The Balaban J connectivity index is 2.77. The molecule has 0 amide bonds. The van der Waals surface area contributed by atoms with Crippen LogP contribution in [0.4, 0.5) is 5.69 Å². The maximum absolute atomic E-state index is 11.4. The highest BCUT2D eigenvalue weighted by atomic mass is 16.5. The fourth-order valence-electron chi connectivity index (χ4n) is 2.00. The topological polar surface area (TPSA) is 65.2 Å². The molecule has 0 unspecified atom stereocenters. The molecule has 0 aliphatic rings. The van der Waals surface area contributed by atoms with E-state index in [1.807, 2.05) is 26.0 Å². The van der Waals surface area contributed by atoms with Crippen molar-refractivity contribution >= 4 is 22.6 Å². The highest BCUT2D eigenvalue weighted by Gasteiger charge is 2.12. The van der Waals surface area contributed by atoms with E-state index in [9.17, 15) is 4.79 Å². The number of aromatic nitrogens is 1. The number of anilines is 1. The van der Waals surface area contributed by atoms with Crippen LogP contribution < -0.4 is 5.73 Å². The first kappa shape index (κ1) is 11.4. The zero-order chi connectivity index (χ0) is 12.6. The zero-order valence-corrected chi connectivity index (χ0v) is 10.1. The third kappa shape index (κ3) is 1.93. The van der Waals surface area contributed by atoms with Crippen molar-refractivity contribution in [3.63, 3.8) is 0 Å². The Morgan fingerprint density at radius 2 is 2.00 bits per heavy atom. The van der Waals surface area contributed by atoms with E-state index in [0.29, 0.717) is 5.69 Å². The van der Waals surface area contributed by atoms with Gasteiger partial charge >= 0.3 is 5.97 Å². The Kier molecular flexibility index (Phi) is 2.71. The van der Waals surface area contributed by atoms with Crippen LogP contribution in [0, 0.1) is 13.8 Å². The number of carbonyl (C=O) groups is 1. The standard InChI is InChI=1S/C13H14N2O2/c1-7-4-8(2)12-9(14)6-11(13(16)17-3)15-10(12)5-7/h4-6H,1-3H3,(H2,14,15). The van der Waals surface area contributed by atoms with E-state index in [2.05, 4.69) is 9.72 Å². The van der Waals surface area contributed by atoms with Gasteiger partial charge in [0.2, 0.25) is 0 Å². The van der Waals surface area contributed by atoms with Crippen LogP contribution in [0.5, 0.6) is 0 Å². The van der Waals surface area contributed by atoms with Crippen molar-refractivity contribution < 1.29 is 9.53 Å². The number of hydrogen-bond donors (Lipinski definition) is 1. The van der Waals surface area contributed by atoms with Crippen LogP contribution in [0.2, 0.25) is 0 Å². The van der Waals surface area contributed by atoms with E-state index in [1.165, 1.54) is 7.11 Å². The van der Waals surface area contributed by atoms with Crippen molar-refractivity contribution in [1.82, 2.24) is 4.98 Å². The molecule has 0 bridgehead atoms. The molecular formula is C13H14N2O2. The van der Waals surface area contributed by atoms with Gasteiger partial charge in [-0.05, 0) is 37.1 Å². The van der Waals surface area contributed by atoms with E-state index < -0.39 is 5.97 Å². The SMILES string of the molecule is COC(=O)c1cc(N)c2c(C)cc(C)cc2n1. The summed E-state index contributed by atoms with van der Waals surface area (Å²) in [6, 6.07) is 5.50. The van der Waals surface area contributed by atoms with Gasteiger partial charge in [0.05, 0.1) is 12.6 Å². The van der Waals surface area contributed by atoms with Crippen molar-refractivity contribution in [2.45, 2.75) is 13.8 Å². The number of benzene rings is 1. The zero-order valence-electron chi connectivity index (χ0n) is 10.1. The molecule has 4 nitrogen and oxygen atoms in total. The highest BCUT2D eigenvalue weighted by molar-refractivity contribution is 5.98. The molecule has 0 spiro atoms. The van der Waals surface area contributed by atoms with Crippen LogP contribution >= 0.6 is 0 Å². The Hall–Kier alpha value is -2.10. The van der Waals surface area contributed by atoms with E-state index in [-0.39, 0.29) is 5.69 Å². The van der Waals surface area contributed by atoms with Crippen LogP contribution in [0.3, 0.4) is 0 Å². The minimum absolute atomic E-state index is 0.238. The van der Waals surface area contributed by atoms with E-state index >= 15 is 0 Å². The normalized spacial score (nSPS) is 10.5. The number of ether oxygens (including phenoxy) is 1. The molecule has 4 heteroatoms. The van der Waals surface area contributed by atoms with Crippen LogP contribution in [0.15, 0.2) is 18.2 Å². The average molecular weight is 230 g/mol. The molecule has 0 aliphatic carbocycles. The number of nitrogens with zero attached hydrogens (tertiary/aromatic N) is 1. The number of methoxy groups -OCH3 is 1. The van der Waals surface area contributed by atoms with Gasteiger partial charge in [0, 0.05) is 11.1 Å². The lowest BCUT2D eigenvalue weighted by Crippen LogP contribution is -2.06. The summed E-state index contributed by atoms with van der Waals surface area (Å²) in [7, 11) is 1.33. The molecule has 0 aliphatic heterocycles. The largest absolute Gasteiger partial charge is 0.464 e. The molecule has 1 heterocycles.